The average Bonchev–Trinajstić information content (AvgIpc) is 2.47. The van der Waals surface area contributed by atoms with Crippen LogP contribution in [0, 0.1) is 10.8 Å². The van der Waals surface area contributed by atoms with Crippen LogP contribution in [0.25, 0.3) is 0 Å². The lowest BCUT2D eigenvalue weighted by atomic mass is 9.98. The van der Waals surface area contributed by atoms with Gasteiger partial charge < -0.3 is 5.32 Å². The zero-order valence-electron chi connectivity index (χ0n) is 8.11. The summed E-state index contributed by atoms with van der Waals surface area (Å²) in [4.78, 5) is 10.9. The molecule has 0 radical (unpaired) electrons. The van der Waals surface area contributed by atoms with Gasteiger partial charge in [0.1, 0.15) is 0 Å². The van der Waals surface area contributed by atoms with Gasteiger partial charge in [-0.1, -0.05) is 27.4 Å². The molecule has 2 nitrogen and oxygen atoms in total. The molecule has 0 saturated heterocycles. The third-order valence-corrected chi connectivity index (χ3v) is 3.18. The van der Waals surface area contributed by atoms with Crippen molar-refractivity contribution in [3.63, 3.8) is 0 Å². The zero-order chi connectivity index (χ0) is 9.41. The molecule has 1 unspecified atom stereocenters. The van der Waals surface area contributed by atoms with E-state index in [0.29, 0.717) is 10.8 Å². The van der Waals surface area contributed by atoms with Crippen molar-refractivity contribution in [2.24, 2.45) is 10.8 Å². The van der Waals surface area contributed by atoms with Gasteiger partial charge in [0, 0.05) is 6.54 Å². The van der Waals surface area contributed by atoms with Crippen LogP contribution in [0.1, 0.15) is 27.2 Å². The minimum atomic E-state index is -0.0704. The Morgan fingerprint density at radius 2 is 2.08 bits per heavy atom. The fourth-order valence-corrected chi connectivity index (χ4v) is 1.59. The molecule has 1 N–H and O–H groups in total. The smallest absolute Gasteiger partial charge is 0.243 e. The Morgan fingerprint density at radius 1 is 1.58 bits per heavy atom. The molecule has 1 aliphatic carbocycles. The van der Waals surface area contributed by atoms with Gasteiger partial charge in [0.15, 0.2) is 0 Å². The molecule has 0 heterocycles. The van der Waals surface area contributed by atoms with Gasteiger partial charge in [0.2, 0.25) is 5.91 Å². The lowest BCUT2D eigenvalue weighted by molar-refractivity contribution is -0.116. The second-order valence-corrected chi connectivity index (χ2v) is 4.54. The van der Waals surface area contributed by atoms with E-state index in [2.05, 4.69) is 32.7 Å². The molecular formula is C10H17NO. The maximum absolute atomic E-state index is 10.9. The molecule has 1 fully saturated rings. The van der Waals surface area contributed by atoms with Crippen molar-refractivity contribution in [2.75, 3.05) is 6.54 Å². The van der Waals surface area contributed by atoms with E-state index >= 15 is 0 Å². The first kappa shape index (κ1) is 9.30. The van der Waals surface area contributed by atoms with E-state index in [-0.39, 0.29) is 5.91 Å². The Kier molecular flexibility index (Phi) is 2.02. The van der Waals surface area contributed by atoms with Gasteiger partial charge in [-0.15, -0.1) is 0 Å². The summed E-state index contributed by atoms with van der Waals surface area (Å²) in [6.45, 7) is 10.8. The van der Waals surface area contributed by atoms with Crippen molar-refractivity contribution in [1.82, 2.24) is 5.32 Å². The van der Waals surface area contributed by atoms with Crippen molar-refractivity contribution in [3.8, 4) is 0 Å². The minimum Gasteiger partial charge on any atom is -0.352 e. The van der Waals surface area contributed by atoms with Crippen LogP contribution in [0.2, 0.25) is 0 Å². The maximum atomic E-state index is 10.9. The second kappa shape index (κ2) is 2.61. The number of rotatable bonds is 3. The van der Waals surface area contributed by atoms with Gasteiger partial charge >= 0.3 is 0 Å². The SMILES string of the molecule is C=CC(=O)NCC1(C)CC1(C)C. The molecule has 12 heavy (non-hydrogen) atoms. The topological polar surface area (TPSA) is 29.1 Å². The number of nitrogens with one attached hydrogen (secondary N) is 1. The molecule has 0 aliphatic heterocycles. The summed E-state index contributed by atoms with van der Waals surface area (Å²) in [7, 11) is 0. The van der Waals surface area contributed by atoms with Gasteiger partial charge in [0.05, 0.1) is 0 Å². The highest BCUT2D eigenvalue weighted by Crippen LogP contribution is 2.62. The summed E-state index contributed by atoms with van der Waals surface area (Å²) in [5.41, 5.74) is 0.688. The highest BCUT2D eigenvalue weighted by molar-refractivity contribution is 5.86. The summed E-state index contributed by atoms with van der Waals surface area (Å²) in [5, 5.41) is 2.83. The number of carbonyl (C=O) groups excluding carboxylic acids is 1. The normalized spacial score (nSPS) is 30.9. The van der Waals surface area contributed by atoms with Crippen LogP contribution < -0.4 is 5.32 Å². The quantitative estimate of drug-likeness (QED) is 0.637. The first-order valence-electron chi connectivity index (χ1n) is 4.32. The van der Waals surface area contributed by atoms with Crippen molar-refractivity contribution < 1.29 is 4.79 Å². The fourth-order valence-electron chi connectivity index (χ4n) is 1.59. The molecule has 2 heteroatoms. The largest absolute Gasteiger partial charge is 0.352 e. The van der Waals surface area contributed by atoms with E-state index in [1.165, 1.54) is 12.5 Å². The van der Waals surface area contributed by atoms with E-state index in [0.717, 1.165) is 6.54 Å². The van der Waals surface area contributed by atoms with E-state index in [1.807, 2.05) is 0 Å². The molecule has 0 aromatic rings. The molecule has 1 saturated carbocycles. The summed E-state index contributed by atoms with van der Waals surface area (Å²) >= 11 is 0. The Bertz CT molecular complexity index is 220. The number of hydrogen-bond acceptors (Lipinski definition) is 1. The highest BCUT2D eigenvalue weighted by Gasteiger charge is 2.56. The highest BCUT2D eigenvalue weighted by atomic mass is 16.1. The van der Waals surface area contributed by atoms with Gasteiger partial charge in [-0.2, -0.15) is 0 Å². The van der Waals surface area contributed by atoms with Crippen LogP contribution in [0.15, 0.2) is 12.7 Å². The van der Waals surface area contributed by atoms with Crippen molar-refractivity contribution in [3.05, 3.63) is 12.7 Å². The van der Waals surface area contributed by atoms with E-state index < -0.39 is 0 Å². The van der Waals surface area contributed by atoms with Crippen molar-refractivity contribution in [2.45, 2.75) is 27.2 Å². The summed E-state index contributed by atoms with van der Waals surface area (Å²) < 4.78 is 0. The lowest BCUT2D eigenvalue weighted by Crippen LogP contribution is -2.29. The first-order valence-corrected chi connectivity index (χ1v) is 4.32. The number of carbonyl (C=O) groups is 1. The van der Waals surface area contributed by atoms with E-state index in [1.54, 1.807) is 0 Å². The van der Waals surface area contributed by atoms with E-state index in [9.17, 15) is 4.79 Å². The predicted molar refractivity (Wildman–Crippen MR) is 49.7 cm³/mol. The Labute approximate surface area is 74.0 Å². The molecule has 1 rings (SSSR count). The fraction of sp³-hybridized carbons (Fsp3) is 0.700. The Morgan fingerprint density at radius 3 is 2.42 bits per heavy atom. The standard InChI is InChI=1S/C10H17NO/c1-5-8(12)11-7-10(4)6-9(10,2)3/h5H,1,6-7H2,2-4H3,(H,11,12). The van der Waals surface area contributed by atoms with Crippen LogP contribution in [0.4, 0.5) is 0 Å². The van der Waals surface area contributed by atoms with Crippen molar-refractivity contribution in [1.29, 1.82) is 0 Å². The predicted octanol–water partition coefficient (Wildman–Crippen LogP) is 1.72. The van der Waals surface area contributed by atoms with Crippen molar-refractivity contribution >= 4 is 5.91 Å². The third kappa shape index (κ3) is 1.52. The van der Waals surface area contributed by atoms with Crippen LogP contribution in [-0.2, 0) is 4.79 Å². The Balaban J connectivity index is 2.35. The monoisotopic (exact) mass is 167 g/mol. The van der Waals surface area contributed by atoms with Crippen LogP contribution >= 0.6 is 0 Å². The van der Waals surface area contributed by atoms with Crippen LogP contribution in [-0.4, -0.2) is 12.5 Å². The molecule has 1 atom stereocenters. The van der Waals surface area contributed by atoms with Crippen LogP contribution in [0.3, 0.4) is 0 Å². The van der Waals surface area contributed by atoms with Crippen LogP contribution in [0.5, 0.6) is 0 Å². The molecule has 1 amide bonds. The van der Waals surface area contributed by atoms with Gasteiger partial charge in [-0.05, 0) is 23.3 Å². The molecule has 1 aliphatic rings. The lowest BCUT2D eigenvalue weighted by Gasteiger charge is -2.14. The third-order valence-electron chi connectivity index (χ3n) is 3.18. The minimum absolute atomic E-state index is 0.0704. The number of hydrogen-bond donors (Lipinski definition) is 1. The summed E-state index contributed by atoms with van der Waals surface area (Å²) in [5.74, 6) is -0.0704. The second-order valence-electron chi connectivity index (χ2n) is 4.54. The first-order chi connectivity index (χ1) is 5.41. The molecule has 0 aromatic heterocycles. The molecule has 68 valence electrons. The number of amides is 1. The van der Waals surface area contributed by atoms with Gasteiger partial charge in [0.25, 0.3) is 0 Å². The maximum Gasteiger partial charge on any atom is 0.243 e. The zero-order valence-corrected chi connectivity index (χ0v) is 8.11. The summed E-state index contributed by atoms with van der Waals surface area (Å²) in [6.07, 6.45) is 2.51. The Hall–Kier alpha value is -0.790. The molecular weight excluding hydrogens is 150 g/mol. The average molecular weight is 167 g/mol. The van der Waals surface area contributed by atoms with Gasteiger partial charge in [-0.3, -0.25) is 4.79 Å². The summed E-state index contributed by atoms with van der Waals surface area (Å²) in [6, 6.07) is 0. The van der Waals surface area contributed by atoms with Gasteiger partial charge in [-0.25, -0.2) is 0 Å². The molecule has 0 spiro atoms. The molecule has 0 bridgehead atoms. The molecule has 0 aromatic carbocycles. The van der Waals surface area contributed by atoms with E-state index in [4.69, 9.17) is 0 Å².